The van der Waals surface area contributed by atoms with Crippen LogP contribution in [0.3, 0.4) is 0 Å². The second kappa shape index (κ2) is 6.52. The zero-order chi connectivity index (χ0) is 15.1. The van der Waals surface area contributed by atoms with Gasteiger partial charge in [-0.1, -0.05) is 24.3 Å². The van der Waals surface area contributed by atoms with Crippen LogP contribution in [0.25, 0.3) is 0 Å². The highest BCUT2D eigenvalue weighted by molar-refractivity contribution is 6.62. The lowest BCUT2D eigenvalue weighted by molar-refractivity contribution is 0.00578. The fourth-order valence-corrected chi connectivity index (χ4v) is 2.96. The summed E-state index contributed by atoms with van der Waals surface area (Å²) in [4.78, 5) is 2.52. The lowest BCUT2D eigenvalue weighted by Crippen LogP contribution is -2.41. The van der Waals surface area contributed by atoms with Crippen molar-refractivity contribution in [2.75, 3.05) is 13.1 Å². The summed E-state index contributed by atoms with van der Waals surface area (Å²) < 4.78 is 12.2. The summed E-state index contributed by atoms with van der Waals surface area (Å²) in [6, 6.07) is 8.71. The van der Waals surface area contributed by atoms with Gasteiger partial charge in [-0.2, -0.15) is 0 Å². The maximum Gasteiger partial charge on any atom is 0.494 e. The Morgan fingerprint density at radius 2 is 1.45 bits per heavy atom. The van der Waals surface area contributed by atoms with Gasteiger partial charge in [0.2, 0.25) is 0 Å². The molecule has 1 aromatic rings. The van der Waals surface area contributed by atoms with E-state index in [9.17, 15) is 0 Å². The maximum absolute atomic E-state index is 6.09. The highest BCUT2D eigenvalue weighted by atomic mass is 35.5. The number of likely N-dealkylation sites (tertiary alicyclic amines) is 1. The van der Waals surface area contributed by atoms with Crippen molar-refractivity contribution < 1.29 is 9.31 Å². The molecule has 0 aromatic heterocycles. The molecule has 122 valence electrons. The van der Waals surface area contributed by atoms with E-state index in [0.717, 1.165) is 12.0 Å². The number of nitrogens with zero attached hydrogens (tertiary/aromatic N) is 1. The standard InChI is InChI=1S/C17H26BNO2.ClH/c1-16(2)17(3,4)21-18(20-16)15-9-7-14(8-10-15)13-19-11-5-6-12-19;/h7-10H,5-6,11-13H2,1-4H3;1H. The van der Waals surface area contributed by atoms with E-state index in [1.165, 1.54) is 31.5 Å². The van der Waals surface area contributed by atoms with Crippen molar-refractivity contribution >= 4 is 25.0 Å². The molecule has 2 aliphatic rings. The summed E-state index contributed by atoms with van der Waals surface area (Å²) in [5.74, 6) is 0. The highest BCUT2D eigenvalue weighted by Gasteiger charge is 2.51. The molecule has 0 N–H and O–H groups in total. The molecule has 22 heavy (non-hydrogen) atoms. The van der Waals surface area contributed by atoms with E-state index in [0.29, 0.717) is 0 Å². The zero-order valence-electron chi connectivity index (χ0n) is 14.1. The van der Waals surface area contributed by atoms with Crippen LogP contribution in [0.15, 0.2) is 24.3 Å². The Bertz CT molecular complexity index is 482. The van der Waals surface area contributed by atoms with E-state index in [4.69, 9.17) is 9.31 Å². The second-order valence-electron chi connectivity index (χ2n) is 7.31. The molecule has 0 saturated carbocycles. The Hall–Kier alpha value is -0.545. The minimum atomic E-state index is -0.272. The molecule has 5 heteroatoms. The smallest absolute Gasteiger partial charge is 0.399 e. The zero-order valence-corrected chi connectivity index (χ0v) is 14.9. The maximum atomic E-state index is 6.09. The van der Waals surface area contributed by atoms with Gasteiger partial charge in [-0.15, -0.1) is 12.4 Å². The molecule has 3 nitrogen and oxygen atoms in total. The Balaban J connectivity index is 0.00000176. The molecule has 0 unspecified atom stereocenters. The van der Waals surface area contributed by atoms with Gasteiger partial charge in [-0.05, 0) is 64.7 Å². The average Bonchev–Trinajstić information content (AvgIpc) is 2.97. The molecular formula is C17H27BClNO2. The van der Waals surface area contributed by atoms with Crippen molar-refractivity contribution in [2.24, 2.45) is 0 Å². The van der Waals surface area contributed by atoms with Crippen molar-refractivity contribution in [2.45, 2.75) is 58.3 Å². The van der Waals surface area contributed by atoms with Crippen LogP contribution in [0.1, 0.15) is 46.1 Å². The summed E-state index contributed by atoms with van der Waals surface area (Å²) in [5.41, 5.74) is 1.94. The van der Waals surface area contributed by atoms with Crippen LogP contribution in [0, 0.1) is 0 Å². The normalized spacial score (nSPS) is 23.5. The van der Waals surface area contributed by atoms with Gasteiger partial charge in [0.1, 0.15) is 0 Å². The second-order valence-corrected chi connectivity index (χ2v) is 7.31. The van der Waals surface area contributed by atoms with Crippen LogP contribution in [0.5, 0.6) is 0 Å². The summed E-state index contributed by atoms with van der Waals surface area (Å²) in [7, 11) is -0.254. The molecule has 2 aliphatic heterocycles. The van der Waals surface area contributed by atoms with Gasteiger partial charge in [0.05, 0.1) is 11.2 Å². The fourth-order valence-electron chi connectivity index (χ4n) is 2.96. The molecule has 0 atom stereocenters. The van der Waals surface area contributed by atoms with Crippen LogP contribution >= 0.6 is 12.4 Å². The van der Waals surface area contributed by atoms with E-state index in [1.54, 1.807) is 0 Å². The Kier molecular flexibility index (Phi) is 5.28. The molecule has 2 heterocycles. The van der Waals surface area contributed by atoms with Crippen LogP contribution in [0.4, 0.5) is 0 Å². The first-order valence-electron chi connectivity index (χ1n) is 8.04. The first-order valence-corrected chi connectivity index (χ1v) is 8.04. The van der Waals surface area contributed by atoms with Crippen LogP contribution in [0.2, 0.25) is 0 Å². The topological polar surface area (TPSA) is 21.7 Å². The quantitative estimate of drug-likeness (QED) is 0.798. The number of hydrogen-bond donors (Lipinski definition) is 0. The average molecular weight is 324 g/mol. The minimum Gasteiger partial charge on any atom is -0.399 e. The largest absolute Gasteiger partial charge is 0.494 e. The first-order chi connectivity index (χ1) is 9.87. The van der Waals surface area contributed by atoms with Gasteiger partial charge in [0, 0.05) is 6.54 Å². The van der Waals surface area contributed by atoms with E-state index >= 15 is 0 Å². The Morgan fingerprint density at radius 1 is 0.955 bits per heavy atom. The molecule has 1 aromatic carbocycles. The van der Waals surface area contributed by atoms with Gasteiger partial charge >= 0.3 is 7.12 Å². The van der Waals surface area contributed by atoms with Gasteiger partial charge in [0.15, 0.2) is 0 Å². The van der Waals surface area contributed by atoms with Gasteiger partial charge in [-0.3, -0.25) is 4.90 Å². The van der Waals surface area contributed by atoms with Crippen molar-refractivity contribution in [3.05, 3.63) is 29.8 Å². The third-order valence-electron chi connectivity index (χ3n) is 5.11. The number of hydrogen-bond acceptors (Lipinski definition) is 3. The highest BCUT2D eigenvalue weighted by Crippen LogP contribution is 2.36. The lowest BCUT2D eigenvalue weighted by Gasteiger charge is -2.32. The SMILES string of the molecule is CC1(C)OB(c2ccc(CN3CCCC3)cc2)OC1(C)C.Cl. The Morgan fingerprint density at radius 3 is 1.95 bits per heavy atom. The summed E-state index contributed by atoms with van der Waals surface area (Å²) >= 11 is 0. The third-order valence-corrected chi connectivity index (χ3v) is 5.11. The predicted octanol–water partition coefficient (Wildman–Crippen LogP) is 3.00. The van der Waals surface area contributed by atoms with E-state index < -0.39 is 0 Å². The number of halogens is 1. The molecule has 0 radical (unpaired) electrons. The van der Waals surface area contributed by atoms with E-state index in [1.807, 2.05) is 0 Å². The van der Waals surface area contributed by atoms with Crippen LogP contribution in [-0.4, -0.2) is 36.3 Å². The summed E-state index contributed by atoms with van der Waals surface area (Å²) in [6.45, 7) is 11.9. The molecule has 0 aliphatic carbocycles. The van der Waals surface area contributed by atoms with Crippen molar-refractivity contribution in [3.63, 3.8) is 0 Å². The number of rotatable bonds is 3. The molecular weight excluding hydrogens is 296 g/mol. The van der Waals surface area contributed by atoms with Gasteiger partial charge < -0.3 is 9.31 Å². The molecule has 0 spiro atoms. The predicted molar refractivity (Wildman–Crippen MR) is 93.9 cm³/mol. The third kappa shape index (κ3) is 3.51. The van der Waals surface area contributed by atoms with E-state index in [-0.39, 0.29) is 30.7 Å². The van der Waals surface area contributed by atoms with Crippen molar-refractivity contribution in [3.8, 4) is 0 Å². The van der Waals surface area contributed by atoms with Crippen LogP contribution in [-0.2, 0) is 15.9 Å². The lowest BCUT2D eigenvalue weighted by atomic mass is 9.79. The monoisotopic (exact) mass is 323 g/mol. The first kappa shape index (κ1) is 17.8. The van der Waals surface area contributed by atoms with Crippen molar-refractivity contribution in [1.82, 2.24) is 4.90 Å². The van der Waals surface area contributed by atoms with Crippen LogP contribution < -0.4 is 5.46 Å². The summed E-state index contributed by atoms with van der Waals surface area (Å²) in [6.07, 6.45) is 2.68. The number of benzene rings is 1. The minimum absolute atomic E-state index is 0. The molecule has 0 bridgehead atoms. The molecule has 0 amide bonds. The molecule has 3 rings (SSSR count). The van der Waals surface area contributed by atoms with Crippen molar-refractivity contribution in [1.29, 1.82) is 0 Å². The van der Waals surface area contributed by atoms with Gasteiger partial charge in [0.25, 0.3) is 0 Å². The Labute approximate surface area is 140 Å². The van der Waals surface area contributed by atoms with E-state index in [2.05, 4.69) is 56.9 Å². The molecule has 2 fully saturated rings. The summed E-state index contributed by atoms with van der Waals surface area (Å²) in [5, 5.41) is 0. The molecule has 2 saturated heterocycles. The fraction of sp³-hybridized carbons (Fsp3) is 0.647. The van der Waals surface area contributed by atoms with Gasteiger partial charge in [-0.25, -0.2) is 0 Å².